The quantitative estimate of drug-likeness (QED) is 0.737. The van der Waals surface area contributed by atoms with Crippen LogP contribution in [-0.2, 0) is 4.43 Å². The van der Waals surface area contributed by atoms with Gasteiger partial charge in [-0.15, -0.1) is 0 Å². The topological polar surface area (TPSA) is 41.5 Å². The smallest absolute Gasteiger partial charge is 0.191 e. The van der Waals surface area contributed by atoms with Crippen molar-refractivity contribution >= 4 is 8.32 Å². The number of hydrogen-bond donors (Lipinski definition) is 2. The van der Waals surface area contributed by atoms with E-state index in [9.17, 15) is 0 Å². The Bertz CT molecular complexity index is 263. The number of hydrogen-bond acceptors (Lipinski definition) is 3. The monoisotopic (exact) mass is 287 g/mol. The van der Waals surface area contributed by atoms with Gasteiger partial charge in [-0.3, -0.25) is 0 Å². The molecule has 0 unspecified atom stereocenters. The highest BCUT2D eigenvalue weighted by Crippen LogP contribution is 2.37. The van der Waals surface area contributed by atoms with Crippen molar-refractivity contribution in [3.05, 3.63) is 0 Å². The summed E-state index contributed by atoms with van der Waals surface area (Å²) >= 11 is 0. The van der Waals surface area contributed by atoms with E-state index < -0.39 is 8.32 Å². The zero-order valence-electron chi connectivity index (χ0n) is 13.5. The molecule has 1 aliphatic heterocycles. The predicted octanol–water partition coefficient (Wildman–Crippen LogP) is 3.15. The van der Waals surface area contributed by atoms with E-state index in [0.717, 1.165) is 26.0 Å². The van der Waals surface area contributed by atoms with Crippen LogP contribution in [0, 0.1) is 5.92 Å². The van der Waals surface area contributed by atoms with E-state index in [1.54, 1.807) is 0 Å². The van der Waals surface area contributed by atoms with E-state index in [4.69, 9.17) is 9.53 Å². The first-order valence-electron chi connectivity index (χ1n) is 7.76. The molecule has 0 aromatic heterocycles. The first-order valence-corrected chi connectivity index (χ1v) is 10.7. The fourth-order valence-corrected chi connectivity index (χ4v) is 3.46. The molecule has 0 aliphatic carbocycles. The van der Waals surface area contributed by atoms with Gasteiger partial charge in [0.1, 0.15) is 0 Å². The van der Waals surface area contributed by atoms with E-state index in [0.29, 0.717) is 18.6 Å². The number of aliphatic hydroxyl groups excluding tert-OH is 1. The zero-order valence-corrected chi connectivity index (χ0v) is 14.5. The van der Waals surface area contributed by atoms with Gasteiger partial charge in [-0.1, -0.05) is 20.8 Å². The molecule has 0 aromatic carbocycles. The maximum absolute atomic E-state index is 9.00. The van der Waals surface area contributed by atoms with Crippen LogP contribution in [0.4, 0.5) is 0 Å². The lowest BCUT2D eigenvalue weighted by Crippen LogP contribution is -2.47. The van der Waals surface area contributed by atoms with Crippen LogP contribution in [0.2, 0.25) is 18.1 Å². The van der Waals surface area contributed by atoms with Crippen molar-refractivity contribution in [3.63, 3.8) is 0 Å². The summed E-state index contributed by atoms with van der Waals surface area (Å²) in [7, 11) is -1.63. The van der Waals surface area contributed by atoms with Gasteiger partial charge in [0.05, 0.1) is 0 Å². The average Bonchev–Trinajstić information content (AvgIpc) is 2.33. The Morgan fingerprint density at radius 2 is 2.00 bits per heavy atom. The van der Waals surface area contributed by atoms with Crippen molar-refractivity contribution in [2.24, 2.45) is 5.92 Å². The highest BCUT2D eigenvalue weighted by molar-refractivity contribution is 6.74. The van der Waals surface area contributed by atoms with Gasteiger partial charge in [-0.2, -0.15) is 0 Å². The SMILES string of the molecule is CC(C)(C)[Si](C)(C)OC[C@@H]1CCCN[C@@H]1CCCO. The minimum absolute atomic E-state index is 0.287. The first-order chi connectivity index (χ1) is 8.78. The maximum atomic E-state index is 9.00. The van der Waals surface area contributed by atoms with E-state index >= 15 is 0 Å². The van der Waals surface area contributed by atoms with Crippen molar-refractivity contribution in [3.8, 4) is 0 Å². The minimum atomic E-state index is -1.63. The van der Waals surface area contributed by atoms with Gasteiger partial charge < -0.3 is 14.8 Å². The van der Waals surface area contributed by atoms with E-state index in [-0.39, 0.29) is 5.04 Å². The summed E-state index contributed by atoms with van der Waals surface area (Å²) in [5, 5.41) is 12.9. The summed E-state index contributed by atoms with van der Waals surface area (Å²) in [5.41, 5.74) is 0. The number of aliphatic hydroxyl groups is 1. The average molecular weight is 288 g/mol. The molecule has 0 radical (unpaired) electrons. The molecule has 0 bridgehead atoms. The van der Waals surface area contributed by atoms with Gasteiger partial charge >= 0.3 is 0 Å². The zero-order chi connectivity index (χ0) is 14.5. The molecular weight excluding hydrogens is 254 g/mol. The normalized spacial score (nSPS) is 25.6. The fourth-order valence-electron chi connectivity index (χ4n) is 2.40. The van der Waals surface area contributed by atoms with Crippen molar-refractivity contribution in [2.75, 3.05) is 19.8 Å². The van der Waals surface area contributed by atoms with Gasteiger partial charge in [0.2, 0.25) is 0 Å². The number of piperidine rings is 1. The van der Waals surface area contributed by atoms with Crippen molar-refractivity contribution in [2.45, 2.75) is 70.6 Å². The highest BCUT2D eigenvalue weighted by Gasteiger charge is 2.38. The Morgan fingerprint density at radius 1 is 1.32 bits per heavy atom. The summed E-state index contributed by atoms with van der Waals surface area (Å²) in [4.78, 5) is 0. The van der Waals surface area contributed by atoms with Crippen molar-refractivity contribution in [1.29, 1.82) is 0 Å². The molecule has 0 saturated carbocycles. The number of nitrogens with one attached hydrogen (secondary N) is 1. The summed E-state index contributed by atoms with van der Waals surface area (Å²) in [6.45, 7) is 13.8. The van der Waals surface area contributed by atoms with Gasteiger partial charge in [-0.05, 0) is 56.3 Å². The Morgan fingerprint density at radius 3 is 2.58 bits per heavy atom. The third-order valence-corrected chi connectivity index (χ3v) is 9.37. The summed E-state index contributed by atoms with van der Waals surface area (Å²) < 4.78 is 6.38. The Hall–Kier alpha value is 0.0969. The van der Waals surface area contributed by atoms with Crippen LogP contribution in [0.25, 0.3) is 0 Å². The Kier molecular flexibility index (Phi) is 6.50. The molecule has 0 spiro atoms. The molecule has 1 saturated heterocycles. The van der Waals surface area contributed by atoms with Crippen LogP contribution in [0.5, 0.6) is 0 Å². The third-order valence-electron chi connectivity index (χ3n) is 4.86. The number of rotatable bonds is 6. The van der Waals surface area contributed by atoms with Gasteiger partial charge in [0, 0.05) is 19.3 Å². The summed E-state index contributed by atoms with van der Waals surface area (Å²) in [5.74, 6) is 0.620. The molecule has 1 rings (SSSR count). The first kappa shape index (κ1) is 17.1. The lowest BCUT2D eigenvalue weighted by molar-refractivity contribution is 0.152. The second kappa shape index (κ2) is 7.20. The molecule has 1 heterocycles. The van der Waals surface area contributed by atoms with Gasteiger partial charge in [0.25, 0.3) is 0 Å². The predicted molar refractivity (Wildman–Crippen MR) is 84.0 cm³/mol. The van der Waals surface area contributed by atoms with Crippen LogP contribution in [0.15, 0.2) is 0 Å². The molecule has 114 valence electrons. The lowest BCUT2D eigenvalue weighted by atomic mass is 9.89. The molecular formula is C15H33NO2Si. The van der Waals surface area contributed by atoms with Crippen LogP contribution in [0.1, 0.15) is 46.5 Å². The van der Waals surface area contributed by atoms with E-state index in [1.807, 2.05) is 0 Å². The maximum Gasteiger partial charge on any atom is 0.191 e. The summed E-state index contributed by atoms with van der Waals surface area (Å²) in [6.07, 6.45) is 4.48. The van der Waals surface area contributed by atoms with Crippen LogP contribution < -0.4 is 5.32 Å². The second-order valence-corrected chi connectivity index (χ2v) is 12.2. The molecule has 2 atom stereocenters. The minimum Gasteiger partial charge on any atom is -0.416 e. The molecule has 0 aromatic rings. The molecule has 19 heavy (non-hydrogen) atoms. The lowest BCUT2D eigenvalue weighted by Gasteiger charge is -2.40. The fraction of sp³-hybridized carbons (Fsp3) is 1.00. The standard InChI is InChI=1S/C15H33NO2Si/c1-15(2,3)19(4,5)18-12-13-8-6-10-16-14(13)9-7-11-17/h13-14,16-17H,6-12H2,1-5H3/t13-,14+/m0/s1. The largest absolute Gasteiger partial charge is 0.416 e. The van der Waals surface area contributed by atoms with Gasteiger partial charge in [0.15, 0.2) is 8.32 Å². The molecule has 2 N–H and O–H groups in total. The second-order valence-electron chi connectivity index (χ2n) is 7.40. The highest BCUT2D eigenvalue weighted by atomic mass is 28.4. The van der Waals surface area contributed by atoms with E-state index in [2.05, 4.69) is 39.2 Å². The van der Waals surface area contributed by atoms with Gasteiger partial charge in [-0.25, -0.2) is 0 Å². The van der Waals surface area contributed by atoms with Crippen LogP contribution >= 0.6 is 0 Å². The van der Waals surface area contributed by atoms with Crippen LogP contribution in [0.3, 0.4) is 0 Å². The third kappa shape index (κ3) is 5.18. The molecule has 3 nitrogen and oxygen atoms in total. The molecule has 0 amide bonds. The van der Waals surface area contributed by atoms with Crippen molar-refractivity contribution in [1.82, 2.24) is 5.32 Å². The van der Waals surface area contributed by atoms with E-state index in [1.165, 1.54) is 12.8 Å². The summed E-state index contributed by atoms with van der Waals surface area (Å²) in [6, 6.07) is 0.533. The molecule has 4 heteroatoms. The Balaban J connectivity index is 2.49. The van der Waals surface area contributed by atoms with Crippen molar-refractivity contribution < 1.29 is 9.53 Å². The van der Waals surface area contributed by atoms with Crippen LogP contribution in [-0.4, -0.2) is 39.2 Å². The Labute approximate surface area is 120 Å². The molecule has 1 fully saturated rings. The molecule has 1 aliphatic rings.